The number of aryl methyl sites for hydroxylation is 1. The van der Waals surface area contributed by atoms with Crippen molar-refractivity contribution in [1.82, 2.24) is 0 Å². The Kier molecular flexibility index (Phi) is 4.89. The molecule has 5 heteroatoms. The molecular formula is C23H20O5. The third kappa shape index (κ3) is 3.64. The first kappa shape index (κ1) is 17.9. The normalized spacial score (nSPS) is 17.8. The third-order valence-electron chi connectivity index (χ3n) is 4.72. The molecule has 0 fully saturated rings. The summed E-state index contributed by atoms with van der Waals surface area (Å²) in [6, 6.07) is 22.4. The Morgan fingerprint density at radius 1 is 0.964 bits per heavy atom. The van der Waals surface area contributed by atoms with Crippen LogP contribution in [0.25, 0.3) is 0 Å². The third-order valence-corrected chi connectivity index (χ3v) is 4.72. The van der Waals surface area contributed by atoms with Crippen LogP contribution in [0.2, 0.25) is 0 Å². The SMILES string of the molecule is Cc1ccccc1COc1cccc(C2Oc3ccccc3OC2C(=O)O)c1. The smallest absolute Gasteiger partial charge is 0.349 e. The van der Waals surface area contributed by atoms with Crippen LogP contribution in [0.4, 0.5) is 0 Å². The molecule has 0 saturated carbocycles. The highest BCUT2D eigenvalue weighted by atomic mass is 16.6. The molecule has 142 valence electrons. The van der Waals surface area contributed by atoms with Gasteiger partial charge in [0.1, 0.15) is 12.4 Å². The second-order valence-corrected chi connectivity index (χ2v) is 6.65. The van der Waals surface area contributed by atoms with Crippen LogP contribution in [0.15, 0.2) is 72.8 Å². The lowest BCUT2D eigenvalue weighted by Crippen LogP contribution is -2.39. The van der Waals surface area contributed by atoms with E-state index in [2.05, 4.69) is 0 Å². The number of carbonyl (C=O) groups is 1. The van der Waals surface area contributed by atoms with Gasteiger partial charge in [0.15, 0.2) is 17.6 Å². The summed E-state index contributed by atoms with van der Waals surface area (Å²) in [7, 11) is 0. The van der Waals surface area contributed by atoms with E-state index in [0.717, 1.165) is 11.1 Å². The summed E-state index contributed by atoms with van der Waals surface area (Å²) in [6.45, 7) is 2.47. The summed E-state index contributed by atoms with van der Waals surface area (Å²) in [5.41, 5.74) is 2.94. The summed E-state index contributed by atoms with van der Waals surface area (Å²) >= 11 is 0. The molecule has 3 aromatic carbocycles. The number of hydrogen-bond acceptors (Lipinski definition) is 4. The van der Waals surface area contributed by atoms with Crippen molar-refractivity contribution < 1.29 is 24.1 Å². The van der Waals surface area contributed by atoms with Crippen LogP contribution in [0.5, 0.6) is 17.2 Å². The summed E-state index contributed by atoms with van der Waals surface area (Å²) < 4.78 is 17.6. The van der Waals surface area contributed by atoms with E-state index < -0.39 is 18.2 Å². The van der Waals surface area contributed by atoms with E-state index in [1.165, 1.54) is 0 Å². The van der Waals surface area contributed by atoms with E-state index in [0.29, 0.717) is 29.4 Å². The molecular weight excluding hydrogens is 356 g/mol. The van der Waals surface area contributed by atoms with Crippen LogP contribution in [-0.2, 0) is 11.4 Å². The minimum absolute atomic E-state index is 0.429. The average molecular weight is 376 g/mol. The average Bonchev–Trinajstić information content (AvgIpc) is 2.72. The first-order valence-corrected chi connectivity index (χ1v) is 9.04. The van der Waals surface area contributed by atoms with Crippen molar-refractivity contribution >= 4 is 5.97 Å². The number of hydrogen-bond donors (Lipinski definition) is 1. The van der Waals surface area contributed by atoms with Crippen LogP contribution < -0.4 is 14.2 Å². The molecule has 0 amide bonds. The molecule has 1 N–H and O–H groups in total. The molecule has 0 spiro atoms. The summed E-state index contributed by atoms with van der Waals surface area (Å²) in [6.07, 6.45) is -1.91. The van der Waals surface area contributed by atoms with Crippen LogP contribution in [0.1, 0.15) is 22.8 Å². The number of ether oxygens (including phenoxy) is 3. The van der Waals surface area contributed by atoms with Crippen LogP contribution in [-0.4, -0.2) is 17.2 Å². The van der Waals surface area contributed by atoms with Crippen LogP contribution in [0.3, 0.4) is 0 Å². The first-order valence-electron chi connectivity index (χ1n) is 9.04. The Balaban J connectivity index is 1.57. The fraction of sp³-hybridized carbons (Fsp3) is 0.174. The van der Waals surface area contributed by atoms with Gasteiger partial charge in [-0.05, 0) is 42.3 Å². The molecule has 2 atom stereocenters. The Hall–Kier alpha value is -3.47. The maximum atomic E-state index is 11.7. The van der Waals surface area contributed by atoms with Crippen LogP contribution in [0, 0.1) is 6.92 Å². The van der Waals surface area contributed by atoms with Gasteiger partial charge in [0.2, 0.25) is 6.10 Å². The number of aliphatic carboxylic acids is 1. The quantitative estimate of drug-likeness (QED) is 0.708. The van der Waals surface area contributed by atoms with Gasteiger partial charge >= 0.3 is 5.97 Å². The summed E-state index contributed by atoms with van der Waals surface area (Å²) in [5, 5.41) is 9.61. The predicted octanol–water partition coefficient (Wildman–Crippen LogP) is 4.54. The van der Waals surface area contributed by atoms with Crippen molar-refractivity contribution in [3.63, 3.8) is 0 Å². The Morgan fingerprint density at radius 2 is 1.68 bits per heavy atom. The van der Waals surface area contributed by atoms with Crippen molar-refractivity contribution in [3.8, 4) is 17.2 Å². The van der Waals surface area contributed by atoms with Crippen molar-refractivity contribution in [2.24, 2.45) is 0 Å². The van der Waals surface area contributed by atoms with Gasteiger partial charge in [0.05, 0.1) is 0 Å². The topological polar surface area (TPSA) is 65.0 Å². The molecule has 1 aliphatic rings. The van der Waals surface area contributed by atoms with Crippen LogP contribution >= 0.6 is 0 Å². The number of rotatable bonds is 5. The number of carboxylic acid groups (broad SMARTS) is 1. The number of para-hydroxylation sites is 2. The minimum Gasteiger partial charge on any atom is -0.489 e. The van der Waals surface area contributed by atoms with E-state index in [1.54, 1.807) is 24.3 Å². The first-order chi connectivity index (χ1) is 13.6. The largest absolute Gasteiger partial charge is 0.489 e. The maximum Gasteiger partial charge on any atom is 0.349 e. The molecule has 0 aromatic heterocycles. The lowest BCUT2D eigenvalue weighted by atomic mass is 10.0. The molecule has 2 unspecified atom stereocenters. The Morgan fingerprint density at radius 3 is 2.43 bits per heavy atom. The molecule has 0 saturated heterocycles. The zero-order chi connectivity index (χ0) is 19.5. The highest BCUT2D eigenvalue weighted by molar-refractivity contribution is 5.75. The molecule has 0 aliphatic carbocycles. The second-order valence-electron chi connectivity index (χ2n) is 6.65. The fourth-order valence-corrected chi connectivity index (χ4v) is 3.18. The minimum atomic E-state index is -1.14. The molecule has 3 aromatic rings. The predicted molar refractivity (Wildman–Crippen MR) is 104 cm³/mol. The molecule has 28 heavy (non-hydrogen) atoms. The molecule has 5 nitrogen and oxygen atoms in total. The molecule has 1 aliphatic heterocycles. The Labute approximate surface area is 163 Å². The summed E-state index contributed by atoms with van der Waals surface area (Å²) in [5.74, 6) is 0.521. The van der Waals surface area contributed by atoms with Gasteiger partial charge in [-0.2, -0.15) is 0 Å². The number of fused-ring (bicyclic) bond motifs is 1. The highest BCUT2D eigenvalue weighted by Crippen LogP contribution is 2.40. The monoisotopic (exact) mass is 376 g/mol. The van der Waals surface area contributed by atoms with Gasteiger partial charge in [0, 0.05) is 5.56 Å². The maximum absolute atomic E-state index is 11.7. The van der Waals surface area contributed by atoms with Crippen molar-refractivity contribution in [2.45, 2.75) is 25.7 Å². The standard InChI is InChI=1S/C23H20O5/c1-15-7-2-3-8-17(15)14-26-18-10-6-9-16(13-18)21-22(23(24)25)28-20-12-5-4-11-19(20)27-21/h2-13,21-22H,14H2,1H3,(H,24,25). The van der Waals surface area contributed by atoms with E-state index in [1.807, 2.05) is 55.5 Å². The second kappa shape index (κ2) is 7.64. The fourth-order valence-electron chi connectivity index (χ4n) is 3.18. The van der Waals surface area contributed by atoms with E-state index in [9.17, 15) is 9.90 Å². The number of carboxylic acids is 1. The van der Waals surface area contributed by atoms with Gasteiger partial charge in [-0.15, -0.1) is 0 Å². The highest BCUT2D eigenvalue weighted by Gasteiger charge is 2.38. The van der Waals surface area contributed by atoms with Gasteiger partial charge in [-0.25, -0.2) is 4.79 Å². The lowest BCUT2D eigenvalue weighted by Gasteiger charge is -2.32. The van der Waals surface area contributed by atoms with Gasteiger partial charge < -0.3 is 19.3 Å². The molecule has 0 bridgehead atoms. The van der Waals surface area contributed by atoms with E-state index >= 15 is 0 Å². The van der Waals surface area contributed by atoms with Crippen molar-refractivity contribution in [2.75, 3.05) is 0 Å². The van der Waals surface area contributed by atoms with Crippen molar-refractivity contribution in [1.29, 1.82) is 0 Å². The van der Waals surface area contributed by atoms with Gasteiger partial charge in [-0.3, -0.25) is 0 Å². The molecule has 0 radical (unpaired) electrons. The lowest BCUT2D eigenvalue weighted by molar-refractivity contribution is -0.151. The van der Waals surface area contributed by atoms with Crippen molar-refractivity contribution in [3.05, 3.63) is 89.5 Å². The zero-order valence-corrected chi connectivity index (χ0v) is 15.4. The van der Waals surface area contributed by atoms with Gasteiger partial charge in [0.25, 0.3) is 0 Å². The van der Waals surface area contributed by atoms with Gasteiger partial charge in [-0.1, -0.05) is 48.5 Å². The number of benzene rings is 3. The Bertz CT molecular complexity index is 998. The van der Waals surface area contributed by atoms with E-state index in [4.69, 9.17) is 14.2 Å². The molecule has 4 rings (SSSR count). The zero-order valence-electron chi connectivity index (χ0n) is 15.4. The summed E-state index contributed by atoms with van der Waals surface area (Å²) in [4.78, 5) is 11.7. The molecule has 1 heterocycles. The van der Waals surface area contributed by atoms with E-state index in [-0.39, 0.29) is 0 Å².